The lowest BCUT2D eigenvalue weighted by Crippen LogP contribution is -2.43. The summed E-state index contributed by atoms with van der Waals surface area (Å²) in [6.45, 7) is 7.39. The lowest BCUT2D eigenvalue weighted by molar-refractivity contribution is -0.117. The Kier molecular flexibility index (Phi) is 5.64. The van der Waals surface area contributed by atoms with Crippen LogP contribution in [-0.4, -0.2) is 17.7 Å². The molecule has 0 spiro atoms. The normalized spacial score (nSPS) is 17.7. The van der Waals surface area contributed by atoms with Crippen molar-refractivity contribution in [1.29, 1.82) is 0 Å². The van der Waals surface area contributed by atoms with Crippen molar-refractivity contribution in [3.05, 3.63) is 83.4 Å². The average Bonchev–Trinajstić information content (AvgIpc) is 2.73. The van der Waals surface area contributed by atoms with E-state index in [0.717, 1.165) is 28.9 Å². The van der Waals surface area contributed by atoms with E-state index in [1.54, 1.807) is 13.8 Å². The number of rotatable bonds is 4. The zero-order valence-electron chi connectivity index (χ0n) is 18.5. The van der Waals surface area contributed by atoms with Gasteiger partial charge in [-0.2, -0.15) is 0 Å². The molecule has 0 unspecified atom stereocenters. The molecule has 1 N–H and O–H groups in total. The zero-order chi connectivity index (χ0) is 22.1. The van der Waals surface area contributed by atoms with Gasteiger partial charge in [0, 0.05) is 29.9 Å². The van der Waals surface area contributed by atoms with Gasteiger partial charge in [-0.05, 0) is 80.3 Å². The van der Waals surface area contributed by atoms with Crippen molar-refractivity contribution in [2.24, 2.45) is 0 Å². The molecule has 0 aromatic heterocycles. The molecule has 158 valence electrons. The van der Waals surface area contributed by atoms with Crippen molar-refractivity contribution in [3.63, 3.8) is 0 Å². The maximum Gasteiger partial charge on any atom is 0.224 e. The molecule has 0 radical (unpaired) electrons. The molecule has 1 heterocycles. The Hall–Kier alpha value is -3.40. The van der Waals surface area contributed by atoms with Crippen molar-refractivity contribution in [2.75, 3.05) is 10.2 Å². The third-order valence-corrected chi connectivity index (χ3v) is 6.00. The summed E-state index contributed by atoms with van der Waals surface area (Å²) < 4.78 is 0. The van der Waals surface area contributed by atoms with Gasteiger partial charge in [0.05, 0.1) is 6.04 Å². The molecule has 0 aliphatic carbocycles. The largest absolute Gasteiger partial charge is 0.378 e. The van der Waals surface area contributed by atoms with Crippen LogP contribution in [0, 0.1) is 6.92 Å². The van der Waals surface area contributed by atoms with Gasteiger partial charge in [0.15, 0.2) is 5.78 Å². The van der Waals surface area contributed by atoms with E-state index in [4.69, 9.17) is 0 Å². The third-order valence-electron chi connectivity index (χ3n) is 6.00. The minimum atomic E-state index is 0.0568. The van der Waals surface area contributed by atoms with Crippen molar-refractivity contribution >= 4 is 23.1 Å². The van der Waals surface area contributed by atoms with Crippen LogP contribution in [0.5, 0.6) is 0 Å². The molecule has 1 aliphatic heterocycles. The van der Waals surface area contributed by atoms with Crippen LogP contribution < -0.4 is 10.2 Å². The number of hydrogen-bond donors (Lipinski definition) is 1. The molecule has 1 amide bonds. The number of carbonyl (C=O) groups excluding carboxylic acids is 2. The first-order valence-corrected chi connectivity index (χ1v) is 10.7. The van der Waals surface area contributed by atoms with Crippen LogP contribution in [0.15, 0.2) is 66.7 Å². The fourth-order valence-electron chi connectivity index (χ4n) is 4.49. The van der Waals surface area contributed by atoms with E-state index in [1.165, 1.54) is 11.1 Å². The molecule has 4 heteroatoms. The van der Waals surface area contributed by atoms with Crippen molar-refractivity contribution in [3.8, 4) is 11.1 Å². The molecule has 2 atom stereocenters. The predicted octanol–water partition coefficient (Wildman–Crippen LogP) is 6.16. The number of carbonyl (C=O) groups is 2. The summed E-state index contributed by atoms with van der Waals surface area (Å²) in [5.74, 6) is 0.115. The molecule has 4 rings (SSSR count). The fourth-order valence-corrected chi connectivity index (χ4v) is 4.49. The zero-order valence-corrected chi connectivity index (χ0v) is 18.5. The van der Waals surface area contributed by atoms with Crippen LogP contribution in [0.25, 0.3) is 11.1 Å². The van der Waals surface area contributed by atoms with Gasteiger partial charge in [-0.25, -0.2) is 0 Å². The van der Waals surface area contributed by atoms with Gasteiger partial charge in [-0.15, -0.1) is 0 Å². The number of fused-ring (bicyclic) bond motifs is 1. The fraction of sp³-hybridized carbons (Fsp3) is 0.259. The molecule has 0 fully saturated rings. The van der Waals surface area contributed by atoms with E-state index < -0.39 is 0 Å². The molecular weight excluding hydrogens is 384 g/mol. The monoisotopic (exact) mass is 412 g/mol. The molecule has 31 heavy (non-hydrogen) atoms. The highest BCUT2D eigenvalue weighted by atomic mass is 16.2. The number of benzene rings is 3. The van der Waals surface area contributed by atoms with E-state index in [2.05, 4.69) is 61.6 Å². The highest BCUT2D eigenvalue weighted by Gasteiger charge is 2.32. The average molecular weight is 413 g/mol. The van der Waals surface area contributed by atoms with Crippen LogP contribution in [0.2, 0.25) is 0 Å². The van der Waals surface area contributed by atoms with E-state index >= 15 is 0 Å². The summed E-state index contributed by atoms with van der Waals surface area (Å²) in [5.41, 5.74) is 7.26. The standard InChI is InChI=1S/C27H28N2O2/c1-17-6-5-7-22(14-17)23-10-13-27-25(16-23)26(15-18(2)29(27)20(4)31)28-24-11-8-21(9-12-24)19(3)30/h5-14,16,18,26,28H,15H2,1-4H3/t18-,26+/m0/s1. The third kappa shape index (κ3) is 4.24. The number of anilines is 2. The Morgan fingerprint density at radius 2 is 1.65 bits per heavy atom. The van der Waals surface area contributed by atoms with Crippen LogP contribution in [0.3, 0.4) is 0 Å². The summed E-state index contributed by atoms with van der Waals surface area (Å²) in [6, 6.07) is 22.6. The van der Waals surface area contributed by atoms with E-state index in [-0.39, 0.29) is 23.8 Å². The van der Waals surface area contributed by atoms with Gasteiger partial charge in [0.1, 0.15) is 0 Å². The molecular formula is C27H28N2O2. The van der Waals surface area contributed by atoms with Gasteiger partial charge >= 0.3 is 0 Å². The van der Waals surface area contributed by atoms with Crippen LogP contribution in [-0.2, 0) is 4.79 Å². The van der Waals surface area contributed by atoms with Gasteiger partial charge in [-0.1, -0.05) is 35.9 Å². The van der Waals surface area contributed by atoms with Crippen molar-refractivity contribution in [1.82, 2.24) is 0 Å². The molecule has 3 aromatic carbocycles. The van der Waals surface area contributed by atoms with E-state index in [1.807, 2.05) is 29.2 Å². The maximum atomic E-state index is 12.4. The molecule has 0 bridgehead atoms. The Bertz CT molecular complexity index is 1130. The molecule has 0 saturated heterocycles. The Morgan fingerprint density at radius 3 is 2.29 bits per heavy atom. The summed E-state index contributed by atoms with van der Waals surface area (Å²) >= 11 is 0. The lowest BCUT2D eigenvalue weighted by Gasteiger charge is -2.39. The van der Waals surface area contributed by atoms with E-state index in [0.29, 0.717) is 5.56 Å². The second-order valence-corrected chi connectivity index (χ2v) is 8.45. The summed E-state index contributed by atoms with van der Waals surface area (Å²) in [4.78, 5) is 25.9. The highest BCUT2D eigenvalue weighted by molar-refractivity contribution is 5.95. The lowest BCUT2D eigenvalue weighted by atomic mass is 9.88. The van der Waals surface area contributed by atoms with Crippen LogP contribution in [0.4, 0.5) is 11.4 Å². The minimum Gasteiger partial charge on any atom is -0.378 e. The number of amides is 1. The summed E-state index contributed by atoms with van der Waals surface area (Å²) in [5, 5.41) is 3.63. The number of ketones is 1. The minimum absolute atomic E-state index is 0.0568. The second-order valence-electron chi connectivity index (χ2n) is 8.45. The Balaban J connectivity index is 1.75. The van der Waals surface area contributed by atoms with Gasteiger partial charge in [0.2, 0.25) is 5.91 Å². The SMILES string of the molecule is CC(=O)c1ccc(N[C@@H]2C[C@H](C)N(C(C)=O)c3ccc(-c4cccc(C)c4)cc32)cc1. The quantitative estimate of drug-likeness (QED) is 0.522. The number of nitrogens with one attached hydrogen (secondary N) is 1. The number of hydrogen-bond acceptors (Lipinski definition) is 3. The first-order valence-electron chi connectivity index (χ1n) is 10.7. The Morgan fingerprint density at radius 1 is 0.935 bits per heavy atom. The summed E-state index contributed by atoms with van der Waals surface area (Å²) in [7, 11) is 0. The van der Waals surface area contributed by atoms with Gasteiger partial charge in [0.25, 0.3) is 0 Å². The first-order chi connectivity index (χ1) is 14.8. The number of aryl methyl sites for hydroxylation is 1. The first kappa shape index (κ1) is 20.9. The van der Waals surface area contributed by atoms with Gasteiger partial charge in [-0.3, -0.25) is 9.59 Å². The Labute approximate surface area is 183 Å². The van der Waals surface area contributed by atoms with Crippen molar-refractivity contribution in [2.45, 2.75) is 46.2 Å². The smallest absolute Gasteiger partial charge is 0.224 e. The molecule has 0 saturated carbocycles. The molecule has 4 nitrogen and oxygen atoms in total. The van der Waals surface area contributed by atoms with Gasteiger partial charge < -0.3 is 10.2 Å². The predicted molar refractivity (Wildman–Crippen MR) is 127 cm³/mol. The molecule has 3 aromatic rings. The van der Waals surface area contributed by atoms with Crippen LogP contribution >= 0.6 is 0 Å². The maximum absolute atomic E-state index is 12.4. The molecule has 1 aliphatic rings. The van der Waals surface area contributed by atoms with Crippen molar-refractivity contribution < 1.29 is 9.59 Å². The number of nitrogens with zero attached hydrogens (tertiary/aromatic N) is 1. The number of Topliss-reactive ketones (excluding diaryl/α,β-unsaturated/α-hetero) is 1. The highest BCUT2D eigenvalue weighted by Crippen LogP contribution is 2.41. The van der Waals surface area contributed by atoms with Crippen LogP contribution in [0.1, 0.15) is 54.7 Å². The van der Waals surface area contributed by atoms with E-state index in [9.17, 15) is 9.59 Å². The topological polar surface area (TPSA) is 49.4 Å². The summed E-state index contributed by atoms with van der Waals surface area (Å²) in [6.07, 6.45) is 0.804. The second kappa shape index (κ2) is 8.38.